The maximum Gasteiger partial charge on any atom is 0.387 e. The molecule has 1 saturated heterocycles. The minimum atomic E-state index is -2.98. The number of morpholine rings is 1. The molecule has 1 unspecified atom stereocenters. The Morgan fingerprint density at radius 3 is 2.64 bits per heavy atom. The highest BCUT2D eigenvalue weighted by Crippen LogP contribution is 2.33. The number of halogens is 4. The summed E-state index contributed by atoms with van der Waals surface area (Å²) in [5.41, 5.74) is 0.419. The van der Waals surface area contributed by atoms with E-state index in [9.17, 15) is 8.78 Å². The number of alkyl halides is 2. The Labute approximate surface area is 174 Å². The summed E-state index contributed by atoms with van der Waals surface area (Å²) >= 11 is 12.0. The van der Waals surface area contributed by atoms with Crippen LogP contribution in [0.25, 0.3) is 0 Å². The molecule has 6 nitrogen and oxygen atoms in total. The predicted octanol–water partition coefficient (Wildman–Crippen LogP) is 3.23. The molecule has 28 heavy (non-hydrogen) atoms. The van der Waals surface area contributed by atoms with Gasteiger partial charge in [0.1, 0.15) is 5.75 Å². The zero-order chi connectivity index (χ0) is 20.5. The molecule has 0 bridgehead atoms. The van der Waals surface area contributed by atoms with E-state index in [1.165, 1.54) is 12.1 Å². The van der Waals surface area contributed by atoms with Crippen LogP contribution in [0.15, 0.2) is 17.1 Å². The van der Waals surface area contributed by atoms with Crippen molar-refractivity contribution in [3.05, 3.63) is 27.7 Å². The van der Waals surface area contributed by atoms with E-state index in [2.05, 4.69) is 32.2 Å². The van der Waals surface area contributed by atoms with Crippen LogP contribution < -0.4 is 15.4 Å². The highest BCUT2D eigenvalue weighted by molar-refractivity contribution is 6.35. The fraction of sp³-hybridized carbons (Fsp3) is 0.611. The highest BCUT2D eigenvalue weighted by Gasteiger charge is 2.16. The van der Waals surface area contributed by atoms with Crippen molar-refractivity contribution in [3.8, 4) is 5.75 Å². The number of hydrogen-bond acceptors (Lipinski definition) is 4. The number of rotatable bonds is 8. The lowest BCUT2D eigenvalue weighted by Gasteiger charge is -2.29. The first-order chi connectivity index (χ1) is 13.4. The molecule has 1 aromatic rings. The van der Waals surface area contributed by atoms with E-state index in [0.29, 0.717) is 29.0 Å². The van der Waals surface area contributed by atoms with Crippen LogP contribution in [0, 0.1) is 5.92 Å². The van der Waals surface area contributed by atoms with Gasteiger partial charge in [-0.2, -0.15) is 8.78 Å². The second-order valence-electron chi connectivity index (χ2n) is 6.58. The molecular weight excluding hydrogens is 413 g/mol. The zero-order valence-corrected chi connectivity index (χ0v) is 17.5. The Morgan fingerprint density at radius 1 is 1.29 bits per heavy atom. The predicted molar refractivity (Wildman–Crippen MR) is 108 cm³/mol. The third-order valence-corrected chi connectivity index (χ3v) is 4.75. The van der Waals surface area contributed by atoms with E-state index in [0.717, 1.165) is 32.8 Å². The number of nitrogens with one attached hydrogen (secondary N) is 2. The summed E-state index contributed by atoms with van der Waals surface area (Å²) in [4.78, 5) is 6.53. The number of ether oxygens (including phenoxy) is 2. The van der Waals surface area contributed by atoms with Crippen molar-refractivity contribution in [2.75, 3.05) is 46.4 Å². The number of benzene rings is 1. The van der Waals surface area contributed by atoms with Crippen LogP contribution in [0.1, 0.15) is 12.5 Å². The molecular formula is C18H26Cl2F2N4O2. The lowest BCUT2D eigenvalue weighted by molar-refractivity contribution is -0.0504. The lowest BCUT2D eigenvalue weighted by Crippen LogP contribution is -2.43. The second-order valence-corrected chi connectivity index (χ2v) is 7.42. The Morgan fingerprint density at radius 2 is 2.00 bits per heavy atom. The molecule has 10 heteroatoms. The van der Waals surface area contributed by atoms with E-state index < -0.39 is 6.61 Å². The minimum absolute atomic E-state index is 0.0340. The fourth-order valence-corrected chi connectivity index (χ4v) is 3.51. The summed E-state index contributed by atoms with van der Waals surface area (Å²) in [6, 6.07) is 2.90. The highest BCUT2D eigenvalue weighted by atomic mass is 35.5. The first kappa shape index (κ1) is 22.9. The van der Waals surface area contributed by atoms with Gasteiger partial charge in [-0.05, 0) is 18.1 Å². The average Bonchev–Trinajstić information content (AvgIpc) is 2.65. The van der Waals surface area contributed by atoms with Crippen LogP contribution in [-0.4, -0.2) is 63.9 Å². The Balaban J connectivity index is 1.88. The third-order valence-electron chi connectivity index (χ3n) is 4.25. The molecule has 1 atom stereocenters. The molecule has 2 N–H and O–H groups in total. The van der Waals surface area contributed by atoms with Gasteiger partial charge in [0.25, 0.3) is 0 Å². The van der Waals surface area contributed by atoms with Crippen molar-refractivity contribution in [2.24, 2.45) is 10.9 Å². The Hall–Kier alpha value is -1.35. The quantitative estimate of drug-likeness (QED) is 0.481. The van der Waals surface area contributed by atoms with Crippen LogP contribution in [0.2, 0.25) is 10.0 Å². The van der Waals surface area contributed by atoms with Gasteiger partial charge in [0.15, 0.2) is 5.96 Å². The number of nitrogens with zero attached hydrogens (tertiary/aromatic N) is 2. The van der Waals surface area contributed by atoms with Gasteiger partial charge in [-0.1, -0.05) is 30.1 Å². The van der Waals surface area contributed by atoms with Crippen LogP contribution in [0.5, 0.6) is 5.75 Å². The van der Waals surface area contributed by atoms with Crippen molar-refractivity contribution >= 4 is 29.2 Å². The van der Waals surface area contributed by atoms with Crippen LogP contribution in [0.4, 0.5) is 8.78 Å². The Kier molecular flexibility index (Phi) is 9.50. The second kappa shape index (κ2) is 11.6. The fourth-order valence-electron chi connectivity index (χ4n) is 2.93. The van der Waals surface area contributed by atoms with Crippen molar-refractivity contribution in [1.29, 1.82) is 0 Å². The van der Waals surface area contributed by atoms with Crippen LogP contribution in [0.3, 0.4) is 0 Å². The van der Waals surface area contributed by atoms with Crippen LogP contribution >= 0.6 is 23.2 Å². The first-order valence-corrected chi connectivity index (χ1v) is 9.82. The van der Waals surface area contributed by atoms with E-state index in [1.54, 1.807) is 7.05 Å². The van der Waals surface area contributed by atoms with Crippen molar-refractivity contribution in [3.63, 3.8) is 0 Å². The van der Waals surface area contributed by atoms with Gasteiger partial charge in [0.05, 0.1) is 18.2 Å². The summed E-state index contributed by atoms with van der Waals surface area (Å²) < 4.78 is 35.2. The molecule has 1 aliphatic heterocycles. The van der Waals surface area contributed by atoms with Crippen molar-refractivity contribution < 1.29 is 18.3 Å². The zero-order valence-electron chi connectivity index (χ0n) is 16.0. The molecule has 0 radical (unpaired) electrons. The molecule has 0 amide bonds. The van der Waals surface area contributed by atoms with Gasteiger partial charge in [-0.25, -0.2) is 0 Å². The molecule has 1 fully saturated rings. The smallest absolute Gasteiger partial charge is 0.387 e. The molecule has 1 aliphatic rings. The maximum atomic E-state index is 12.7. The van der Waals surface area contributed by atoms with Gasteiger partial charge in [0.2, 0.25) is 0 Å². The van der Waals surface area contributed by atoms with Crippen molar-refractivity contribution in [2.45, 2.75) is 20.1 Å². The van der Waals surface area contributed by atoms with Gasteiger partial charge >= 0.3 is 6.61 Å². The monoisotopic (exact) mass is 438 g/mol. The van der Waals surface area contributed by atoms with Gasteiger partial charge in [-0.15, -0.1) is 0 Å². The minimum Gasteiger partial charge on any atom is -0.433 e. The standard InChI is InChI=1S/C18H26Cl2F2N4O2/c1-12(11-26-3-5-27-6-4-26)9-24-18(23-2)25-10-13-7-14(19)8-15(20)16(13)28-17(21)22/h7-8,12,17H,3-6,9-11H2,1-2H3,(H2,23,24,25). The van der Waals surface area contributed by atoms with E-state index in [4.69, 9.17) is 27.9 Å². The number of hydrogen-bond donors (Lipinski definition) is 2. The largest absolute Gasteiger partial charge is 0.433 e. The number of aliphatic imine (C=N–C) groups is 1. The normalized spacial score (nSPS) is 16.9. The third kappa shape index (κ3) is 7.58. The summed E-state index contributed by atoms with van der Waals surface area (Å²) in [6.45, 7) is 4.47. The first-order valence-electron chi connectivity index (χ1n) is 9.06. The average molecular weight is 439 g/mol. The molecule has 0 spiro atoms. The molecule has 0 saturated carbocycles. The molecule has 158 valence electrons. The lowest BCUT2D eigenvalue weighted by atomic mass is 10.1. The topological polar surface area (TPSA) is 58.1 Å². The molecule has 0 aliphatic carbocycles. The molecule has 2 rings (SSSR count). The van der Waals surface area contributed by atoms with Crippen molar-refractivity contribution in [1.82, 2.24) is 15.5 Å². The summed E-state index contributed by atoms with van der Waals surface area (Å²) in [5.74, 6) is 0.854. The SMILES string of the molecule is CN=C(NCc1cc(Cl)cc(Cl)c1OC(F)F)NCC(C)CN1CCOCC1. The van der Waals surface area contributed by atoms with E-state index >= 15 is 0 Å². The van der Waals surface area contributed by atoms with Gasteiger partial charge in [-0.3, -0.25) is 9.89 Å². The number of guanidine groups is 1. The molecule has 1 heterocycles. The van der Waals surface area contributed by atoms with Gasteiger partial charge < -0.3 is 20.1 Å². The summed E-state index contributed by atoms with van der Waals surface area (Å²) in [6.07, 6.45) is 0. The summed E-state index contributed by atoms with van der Waals surface area (Å²) in [7, 11) is 1.64. The maximum absolute atomic E-state index is 12.7. The molecule has 0 aromatic heterocycles. The van der Waals surface area contributed by atoms with E-state index in [1.807, 2.05) is 0 Å². The van der Waals surface area contributed by atoms with E-state index in [-0.39, 0.29) is 17.3 Å². The van der Waals surface area contributed by atoms with Gasteiger partial charge in [0, 0.05) is 50.4 Å². The summed E-state index contributed by atoms with van der Waals surface area (Å²) in [5, 5.41) is 6.69. The molecule has 1 aromatic carbocycles. The Bertz CT molecular complexity index is 659. The van der Waals surface area contributed by atoms with Crippen LogP contribution in [-0.2, 0) is 11.3 Å².